The van der Waals surface area contributed by atoms with Crippen LogP contribution in [-0.2, 0) is 0 Å². The Kier molecular flexibility index (Phi) is 2.38. The second-order valence-electron chi connectivity index (χ2n) is 1.98. The Morgan fingerprint density at radius 2 is 1.67 bits per heavy atom. The van der Waals surface area contributed by atoms with Gasteiger partial charge in [-0.05, 0) is 0 Å². The topological polar surface area (TPSA) is 9.23 Å². The van der Waals surface area contributed by atoms with Crippen LogP contribution in [0.1, 0.15) is 0 Å². The predicted octanol–water partition coefficient (Wildman–Crippen LogP) is 2.63. The van der Waals surface area contributed by atoms with E-state index < -0.39 is 23.2 Å². The Balaban J connectivity index is 3.18. The average Bonchev–Trinajstić information content (AvgIpc) is 1.96. The molecule has 0 spiro atoms. The highest BCUT2D eigenvalue weighted by molar-refractivity contribution is 5.27. The molecule has 0 fully saturated rings. The molecule has 0 N–H and O–H groups in total. The highest BCUT2D eigenvalue weighted by atomic mass is 19.1. The van der Waals surface area contributed by atoms with Crippen molar-refractivity contribution in [2.45, 2.75) is 0 Å². The molecule has 0 aliphatic rings. The zero-order valence-electron chi connectivity index (χ0n) is 5.98. The van der Waals surface area contributed by atoms with E-state index in [1.165, 1.54) is 0 Å². The summed E-state index contributed by atoms with van der Waals surface area (Å²) in [5.41, 5.74) is 0. The summed E-state index contributed by atoms with van der Waals surface area (Å²) >= 11 is 0. The van der Waals surface area contributed by atoms with E-state index in [4.69, 9.17) is 0 Å². The van der Waals surface area contributed by atoms with E-state index in [1.54, 1.807) is 0 Å². The van der Waals surface area contributed by atoms with Crippen molar-refractivity contribution in [1.29, 1.82) is 0 Å². The molecule has 1 nitrogen and oxygen atoms in total. The minimum absolute atomic E-state index is 0.530. The molecule has 1 aromatic rings. The predicted molar refractivity (Wildman–Crippen MR) is 37.1 cm³/mol. The van der Waals surface area contributed by atoms with Crippen molar-refractivity contribution in [3.05, 3.63) is 42.4 Å². The summed E-state index contributed by atoms with van der Waals surface area (Å²) in [5, 5.41) is 0. The molecular weight excluding hydrogens is 169 g/mol. The number of hydrogen-bond donors (Lipinski definition) is 0. The van der Waals surface area contributed by atoms with Crippen LogP contribution in [0.5, 0.6) is 5.75 Å². The summed E-state index contributed by atoms with van der Waals surface area (Å²) in [6, 6.07) is 1.06. The average molecular weight is 174 g/mol. The van der Waals surface area contributed by atoms with Gasteiger partial charge < -0.3 is 4.74 Å². The van der Waals surface area contributed by atoms with E-state index in [2.05, 4.69) is 11.3 Å². The molecule has 0 amide bonds. The van der Waals surface area contributed by atoms with Crippen molar-refractivity contribution in [2.75, 3.05) is 0 Å². The fourth-order valence-corrected chi connectivity index (χ4v) is 0.725. The summed E-state index contributed by atoms with van der Waals surface area (Å²) in [6.45, 7) is 3.11. The van der Waals surface area contributed by atoms with Crippen LogP contribution in [0.3, 0.4) is 0 Å². The lowest BCUT2D eigenvalue weighted by atomic mass is 10.3. The van der Waals surface area contributed by atoms with Crippen molar-refractivity contribution < 1.29 is 17.9 Å². The number of benzene rings is 1. The number of halogens is 3. The van der Waals surface area contributed by atoms with Crippen molar-refractivity contribution in [3.8, 4) is 5.75 Å². The number of rotatable bonds is 2. The summed E-state index contributed by atoms with van der Waals surface area (Å²) in [7, 11) is 0. The van der Waals surface area contributed by atoms with Gasteiger partial charge in [0.05, 0.1) is 6.26 Å². The molecule has 1 aromatic carbocycles. The lowest BCUT2D eigenvalue weighted by Crippen LogP contribution is -1.92. The molecule has 64 valence electrons. The molecule has 0 aliphatic heterocycles. The van der Waals surface area contributed by atoms with E-state index >= 15 is 0 Å². The van der Waals surface area contributed by atoms with Crippen molar-refractivity contribution in [1.82, 2.24) is 0 Å². The first-order chi connectivity index (χ1) is 5.65. The maximum Gasteiger partial charge on any atom is 0.197 e. The van der Waals surface area contributed by atoms with Gasteiger partial charge in [-0.2, -0.15) is 0 Å². The second kappa shape index (κ2) is 3.30. The van der Waals surface area contributed by atoms with Gasteiger partial charge in [0, 0.05) is 12.1 Å². The van der Waals surface area contributed by atoms with E-state index in [0.717, 1.165) is 6.26 Å². The van der Waals surface area contributed by atoms with Gasteiger partial charge in [0.25, 0.3) is 0 Å². The maximum atomic E-state index is 12.6. The molecule has 0 aromatic heterocycles. The SMILES string of the molecule is C=COc1c(F)cc(F)cc1F. The zero-order chi connectivity index (χ0) is 9.14. The Hall–Kier alpha value is -1.45. The van der Waals surface area contributed by atoms with Gasteiger partial charge in [0.1, 0.15) is 5.82 Å². The highest BCUT2D eigenvalue weighted by Gasteiger charge is 2.11. The fourth-order valence-electron chi connectivity index (χ4n) is 0.725. The standard InChI is InChI=1S/C8H5F3O/c1-2-12-8-6(10)3-5(9)4-7(8)11/h2-4H,1H2. The largest absolute Gasteiger partial charge is 0.459 e. The van der Waals surface area contributed by atoms with E-state index in [-0.39, 0.29) is 0 Å². The Morgan fingerprint density at radius 1 is 1.17 bits per heavy atom. The first-order valence-corrected chi connectivity index (χ1v) is 3.07. The van der Waals surface area contributed by atoms with Crippen LogP contribution in [-0.4, -0.2) is 0 Å². The lowest BCUT2D eigenvalue weighted by Gasteiger charge is -2.02. The lowest BCUT2D eigenvalue weighted by molar-refractivity contribution is 0.401. The molecule has 0 radical (unpaired) electrons. The third-order valence-electron chi connectivity index (χ3n) is 1.16. The van der Waals surface area contributed by atoms with Crippen LogP contribution in [0.25, 0.3) is 0 Å². The van der Waals surface area contributed by atoms with Gasteiger partial charge in [-0.3, -0.25) is 0 Å². The zero-order valence-corrected chi connectivity index (χ0v) is 5.98. The molecule has 0 atom stereocenters. The minimum Gasteiger partial charge on any atom is -0.459 e. The molecule has 0 saturated carbocycles. The third kappa shape index (κ3) is 1.58. The second-order valence-corrected chi connectivity index (χ2v) is 1.98. The van der Waals surface area contributed by atoms with E-state index in [0.29, 0.717) is 12.1 Å². The highest BCUT2D eigenvalue weighted by Crippen LogP contribution is 2.22. The Labute approximate surface area is 67.1 Å². The van der Waals surface area contributed by atoms with Gasteiger partial charge >= 0.3 is 0 Å². The van der Waals surface area contributed by atoms with E-state index in [1.807, 2.05) is 0 Å². The Bertz CT molecular complexity index is 286. The van der Waals surface area contributed by atoms with Gasteiger partial charge in [-0.25, -0.2) is 13.2 Å². The van der Waals surface area contributed by atoms with Crippen LogP contribution in [0.15, 0.2) is 25.0 Å². The first-order valence-electron chi connectivity index (χ1n) is 3.07. The normalized spacial score (nSPS) is 9.58. The van der Waals surface area contributed by atoms with Crippen LogP contribution in [0.2, 0.25) is 0 Å². The summed E-state index contributed by atoms with van der Waals surface area (Å²) in [6.07, 6.45) is 0.861. The summed E-state index contributed by atoms with van der Waals surface area (Å²) in [4.78, 5) is 0. The minimum atomic E-state index is -1.09. The van der Waals surface area contributed by atoms with Gasteiger partial charge in [-0.15, -0.1) is 0 Å². The Morgan fingerprint density at radius 3 is 2.08 bits per heavy atom. The van der Waals surface area contributed by atoms with Crippen molar-refractivity contribution in [3.63, 3.8) is 0 Å². The molecule has 0 aliphatic carbocycles. The van der Waals surface area contributed by atoms with Gasteiger partial charge in [0.15, 0.2) is 17.4 Å². The van der Waals surface area contributed by atoms with Crippen LogP contribution < -0.4 is 4.74 Å². The molecule has 12 heavy (non-hydrogen) atoms. The number of ether oxygens (including phenoxy) is 1. The third-order valence-corrected chi connectivity index (χ3v) is 1.16. The molecule has 0 unspecified atom stereocenters. The molecule has 4 heteroatoms. The van der Waals surface area contributed by atoms with Crippen molar-refractivity contribution in [2.24, 2.45) is 0 Å². The van der Waals surface area contributed by atoms with Gasteiger partial charge in [-0.1, -0.05) is 6.58 Å². The molecule has 1 rings (SSSR count). The monoisotopic (exact) mass is 174 g/mol. The first kappa shape index (κ1) is 8.64. The number of hydrogen-bond acceptors (Lipinski definition) is 1. The van der Waals surface area contributed by atoms with Gasteiger partial charge in [0.2, 0.25) is 0 Å². The smallest absolute Gasteiger partial charge is 0.197 e. The summed E-state index contributed by atoms with van der Waals surface area (Å²) in [5.74, 6) is -3.81. The molecule has 0 bridgehead atoms. The summed E-state index contributed by atoms with van der Waals surface area (Å²) < 4.78 is 41.9. The van der Waals surface area contributed by atoms with Crippen LogP contribution in [0.4, 0.5) is 13.2 Å². The van der Waals surface area contributed by atoms with E-state index in [9.17, 15) is 13.2 Å². The fraction of sp³-hybridized carbons (Fsp3) is 0. The molecule has 0 heterocycles. The quantitative estimate of drug-likeness (QED) is 0.626. The van der Waals surface area contributed by atoms with Crippen LogP contribution >= 0.6 is 0 Å². The molecular formula is C8H5F3O. The van der Waals surface area contributed by atoms with Crippen LogP contribution in [0, 0.1) is 17.5 Å². The molecule has 0 saturated heterocycles. The van der Waals surface area contributed by atoms with Crippen molar-refractivity contribution >= 4 is 0 Å². The maximum absolute atomic E-state index is 12.6.